The molecule has 0 spiro atoms. The Hall–Kier alpha value is -0.890. The largest absolute Gasteiger partial charge is 0.294 e. The molecule has 1 aromatic carbocycles. The Morgan fingerprint density at radius 2 is 1.93 bits per heavy atom. The normalized spacial score (nSPS) is 11.1. The Balaban J connectivity index is 2.81. The molecule has 1 aromatic rings. The number of rotatable bonds is 4. The zero-order valence-electron chi connectivity index (χ0n) is 9.09. The van der Waals surface area contributed by atoms with E-state index in [1.807, 2.05) is 38.1 Å². The molecule has 0 radical (unpaired) electrons. The monoisotopic (exact) mass is 266 g/mol. The zero-order valence-corrected chi connectivity index (χ0v) is 10.7. The second-order valence-corrected chi connectivity index (χ2v) is 5.17. The van der Waals surface area contributed by atoms with Crippen LogP contribution < -0.4 is 0 Å². The first-order valence-electron chi connectivity index (χ1n) is 4.87. The van der Waals surface area contributed by atoms with Crippen molar-refractivity contribution >= 4 is 21.7 Å². The molecule has 0 atom stereocenters. The maximum absolute atomic E-state index is 11.6. The number of carbonyl (C=O) groups excluding carboxylic acids is 1. The molecule has 0 saturated heterocycles. The minimum Gasteiger partial charge on any atom is -0.294 e. The maximum Gasteiger partial charge on any atom is 0.161 e. The van der Waals surface area contributed by atoms with Crippen molar-refractivity contribution in [3.05, 3.63) is 47.0 Å². The summed E-state index contributed by atoms with van der Waals surface area (Å²) < 4.78 is 1.05. The molecule has 0 fully saturated rings. The van der Waals surface area contributed by atoms with Gasteiger partial charge < -0.3 is 0 Å². The Morgan fingerprint density at radius 3 is 2.40 bits per heavy atom. The first-order chi connectivity index (χ1) is 6.95. The summed E-state index contributed by atoms with van der Waals surface area (Å²) in [5.74, 6) is 0.0884. The van der Waals surface area contributed by atoms with Crippen molar-refractivity contribution in [2.45, 2.75) is 20.3 Å². The van der Waals surface area contributed by atoms with Gasteiger partial charge in [-0.3, -0.25) is 4.79 Å². The van der Waals surface area contributed by atoms with Gasteiger partial charge in [0.1, 0.15) is 0 Å². The minimum absolute atomic E-state index is 0.0884. The van der Waals surface area contributed by atoms with Gasteiger partial charge in [-0.2, -0.15) is 0 Å². The summed E-state index contributed by atoms with van der Waals surface area (Å²) >= 11 is 3.38. The molecule has 1 nitrogen and oxygen atoms in total. The number of halogens is 1. The van der Waals surface area contributed by atoms with Gasteiger partial charge in [-0.1, -0.05) is 48.5 Å². The molecule has 0 saturated carbocycles. The van der Waals surface area contributed by atoms with Gasteiger partial charge >= 0.3 is 0 Å². The molecular weight excluding hydrogens is 252 g/mol. The highest BCUT2D eigenvalue weighted by Crippen LogP contribution is 2.24. The van der Waals surface area contributed by atoms with E-state index in [1.165, 1.54) is 11.6 Å². The fraction of sp³-hybridized carbons (Fsp3) is 0.308. The molecule has 0 N–H and O–H groups in total. The topological polar surface area (TPSA) is 17.1 Å². The van der Waals surface area contributed by atoms with Crippen molar-refractivity contribution < 1.29 is 4.79 Å². The second-order valence-electron chi connectivity index (χ2n) is 4.26. The van der Waals surface area contributed by atoms with Crippen molar-refractivity contribution in [2.75, 3.05) is 0 Å². The Morgan fingerprint density at radius 1 is 1.40 bits per heavy atom. The van der Waals surface area contributed by atoms with Crippen LogP contribution in [0.5, 0.6) is 0 Å². The van der Waals surface area contributed by atoms with Gasteiger partial charge in [-0.05, 0) is 30.2 Å². The van der Waals surface area contributed by atoms with E-state index in [4.69, 9.17) is 0 Å². The number of allylic oxidation sites excluding steroid dienone is 1. The van der Waals surface area contributed by atoms with Gasteiger partial charge in [0.25, 0.3) is 0 Å². The Labute approximate surface area is 99.3 Å². The highest BCUT2D eigenvalue weighted by atomic mass is 79.9. The summed E-state index contributed by atoms with van der Waals surface area (Å²) in [5, 5.41) is 0. The lowest BCUT2D eigenvalue weighted by Crippen LogP contribution is -2.24. The van der Waals surface area contributed by atoms with E-state index in [0.29, 0.717) is 0 Å². The third kappa shape index (κ3) is 3.31. The zero-order chi connectivity index (χ0) is 11.5. The molecular formula is C13H15BrO. The van der Waals surface area contributed by atoms with Crippen LogP contribution >= 0.6 is 15.9 Å². The molecule has 0 heterocycles. The highest BCUT2D eigenvalue weighted by molar-refractivity contribution is 9.10. The van der Waals surface area contributed by atoms with Crippen molar-refractivity contribution in [1.29, 1.82) is 0 Å². The third-order valence-corrected chi connectivity index (χ3v) is 2.94. The first-order valence-corrected chi connectivity index (χ1v) is 5.66. The first kappa shape index (κ1) is 12.2. The van der Waals surface area contributed by atoms with E-state index in [0.717, 1.165) is 10.9 Å². The lowest BCUT2D eigenvalue weighted by molar-refractivity contribution is -0.122. The number of carbonyl (C=O) groups is 1. The van der Waals surface area contributed by atoms with Crippen LogP contribution in [0.25, 0.3) is 0 Å². The van der Waals surface area contributed by atoms with E-state index in [-0.39, 0.29) is 11.2 Å². The molecule has 15 heavy (non-hydrogen) atoms. The predicted molar refractivity (Wildman–Crippen MR) is 66.8 cm³/mol. The summed E-state index contributed by atoms with van der Waals surface area (Å²) in [6.45, 7) is 7.41. The molecule has 0 bridgehead atoms. The summed E-state index contributed by atoms with van der Waals surface area (Å²) in [4.78, 5) is 11.6. The van der Waals surface area contributed by atoms with Crippen molar-refractivity contribution in [3.8, 4) is 0 Å². The quantitative estimate of drug-likeness (QED) is 0.759. The van der Waals surface area contributed by atoms with Crippen LogP contribution in [0.1, 0.15) is 19.4 Å². The van der Waals surface area contributed by atoms with Gasteiger partial charge in [0.05, 0.1) is 0 Å². The summed E-state index contributed by atoms with van der Waals surface area (Å²) in [7, 11) is 0. The number of ketones is 1. The molecule has 0 aromatic heterocycles. The lowest BCUT2D eigenvalue weighted by atomic mass is 9.82. The lowest BCUT2D eigenvalue weighted by Gasteiger charge is -2.21. The van der Waals surface area contributed by atoms with Crippen molar-refractivity contribution in [3.63, 3.8) is 0 Å². The highest BCUT2D eigenvalue weighted by Gasteiger charge is 2.25. The van der Waals surface area contributed by atoms with Crippen LogP contribution in [-0.4, -0.2) is 5.78 Å². The van der Waals surface area contributed by atoms with E-state index < -0.39 is 0 Å². The van der Waals surface area contributed by atoms with Gasteiger partial charge in [0.15, 0.2) is 5.78 Å². The van der Waals surface area contributed by atoms with Crippen LogP contribution in [0.2, 0.25) is 0 Å². The van der Waals surface area contributed by atoms with Crippen LogP contribution in [-0.2, 0) is 11.2 Å². The minimum atomic E-state index is -0.365. The SMILES string of the molecule is C=CC(=O)C(C)(C)Cc1ccc(Br)cc1. The number of benzene rings is 1. The average molecular weight is 267 g/mol. The van der Waals surface area contributed by atoms with Gasteiger partial charge in [-0.15, -0.1) is 0 Å². The van der Waals surface area contributed by atoms with Gasteiger partial charge in [0.2, 0.25) is 0 Å². The molecule has 1 rings (SSSR count). The standard InChI is InChI=1S/C13H15BrO/c1-4-12(15)13(2,3)9-10-5-7-11(14)8-6-10/h4-8H,1,9H2,2-3H3. The summed E-state index contributed by atoms with van der Waals surface area (Å²) in [6.07, 6.45) is 2.14. The van der Waals surface area contributed by atoms with Crippen LogP contribution in [0, 0.1) is 5.41 Å². The maximum atomic E-state index is 11.6. The van der Waals surface area contributed by atoms with Gasteiger partial charge in [0, 0.05) is 9.89 Å². The Kier molecular flexibility index (Phi) is 3.86. The van der Waals surface area contributed by atoms with E-state index in [1.54, 1.807) is 0 Å². The summed E-state index contributed by atoms with van der Waals surface area (Å²) in [6, 6.07) is 8.04. The summed E-state index contributed by atoms with van der Waals surface area (Å²) in [5.41, 5.74) is 0.800. The fourth-order valence-corrected chi connectivity index (χ4v) is 1.74. The molecule has 0 unspecified atom stereocenters. The van der Waals surface area contributed by atoms with E-state index >= 15 is 0 Å². The Bertz CT molecular complexity index is 363. The van der Waals surface area contributed by atoms with Crippen molar-refractivity contribution in [2.24, 2.45) is 5.41 Å². The average Bonchev–Trinajstić information content (AvgIpc) is 2.20. The van der Waals surface area contributed by atoms with Crippen LogP contribution in [0.3, 0.4) is 0 Å². The van der Waals surface area contributed by atoms with Crippen LogP contribution in [0.15, 0.2) is 41.4 Å². The second kappa shape index (κ2) is 4.75. The molecule has 0 aliphatic rings. The molecule has 0 aliphatic carbocycles. The molecule has 0 aliphatic heterocycles. The smallest absolute Gasteiger partial charge is 0.161 e. The molecule has 0 amide bonds. The van der Waals surface area contributed by atoms with E-state index in [9.17, 15) is 4.79 Å². The third-order valence-electron chi connectivity index (χ3n) is 2.41. The number of hydrogen-bond acceptors (Lipinski definition) is 1. The number of hydrogen-bond donors (Lipinski definition) is 0. The molecule has 80 valence electrons. The van der Waals surface area contributed by atoms with Crippen LogP contribution in [0.4, 0.5) is 0 Å². The van der Waals surface area contributed by atoms with Gasteiger partial charge in [-0.25, -0.2) is 0 Å². The predicted octanol–water partition coefficient (Wildman–Crippen LogP) is 3.77. The van der Waals surface area contributed by atoms with Crippen molar-refractivity contribution in [1.82, 2.24) is 0 Å². The fourth-order valence-electron chi connectivity index (χ4n) is 1.48. The molecule has 2 heteroatoms. The van der Waals surface area contributed by atoms with E-state index in [2.05, 4.69) is 22.5 Å².